The van der Waals surface area contributed by atoms with Crippen molar-refractivity contribution in [3.05, 3.63) is 30.3 Å². The maximum absolute atomic E-state index is 12.7. The fraction of sp³-hybridized carbons (Fsp3) is 0.588. The summed E-state index contributed by atoms with van der Waals surface area (Å²) >= 11 is 0. The third kappa shape index (κ3) is 4.95. The zero-order valence-electron chi connectivity index (χ0n) is 16.3. The molecule has 10 nitrogen and oxygen atoms in total. The van der Waals surface area contributed by atoms with E-state index < -0.39 is 20.2 Å². The normalized spacial score (nSPS) is 20.1. The van der Waals surface area contributed by atoms with Crippen LogP contribution < -0.4 is 0 Å². The number of ether oxygens (including phenoxy) is 1. The molecule has 3 rings (SSSR count). The molecule has 29 heavy (non-hydrogen) atoms. The van der Waals surface area contributed by atoms with Crippen molar-refractivity contribution in [2.75, 3.05) is 66.1 Å². The summed E-state index contributed by atoms with van der Waals surface area (Å²) in [4.78, 5) is 14.2. The summed E-state index contributed by atoms with van der Waals surface area (Å²) in [5, 5.41) is 0. The highest BCUT2D eigenvalue weighted by Crippen LogP contribution is 2.16. The number of likely N-dealkylation sites (N-methyl/N-ethyl adjacent to an activating group) is 1. The second-order valence-electron chi connectivity index (χ2n) is 6.87. The monoisotopic (exact) mass is 446 g/mol. The number of benzene rings is 1. The van der Waals surface area contributed by atoms with Crippen LogP contribution in [0.5, 0.6) is 0 Å². The number of rotatable bonds is 6. The quantitative estimate of drug-likeness (QED) is 0.556. The number of nitrogens with zero attached hydrogens (tertiary/aromatic N) is 4. The fourth-order valence-electron chi connectivity index (χ4n) is 3.26. The average Bonchev–Trinajstić information content (AvgIpc) is 2.75. The number of sulfonamides is 1. The maximum Gasteiger partial charge on any atom is 0.282 e. The third-order valence-electron chi connectivity index (χ3n) is 5.02. The van der Waals surface area contributed by atoms with Crippen molar-refractivity contribution in [1.29, 1.82) is 0 Å². The van der Waals surface area contributed by atoms with Gasteiger partial charge in [-0.2, -0.15) is 21.3 Å². The van der Waals surface area contributed by atoms with Crippen LogP contribution >= 0.6 is 0 Å². The van der Waals surface area contributed by atoms with Crippen molar-refractivity contribution in [1.82, 2.24) is 17.8 Å². The largest absolute Gasteiger partial charge is 0.379 e. The Morgan fingerprint density at radius 3 is 2.07 bits per heavy atom. The van der Waals surface area contributed by atoms with E-state index in [0.29, 0.717) is 26.3 Å². The van der Waals surface area contributed by atoms with Crippen molar-refractivity contribution < 1.29 is 26.4 Å². The molecule has 162 valence electrons. The van der Waals surface area contributed by atoms with E-state index >= 15 is 0 Å². The van der Waals surface area contributed by atoms with E-state index in [1.165, 1.54) is 32.7 Å². The van der Waals surface area contributed by atoms with Crippen LogP contribution in [0.2, 0.25) is 0 Å². The molecule has 2 saturated heterocycles. The molecule has 2 fully saturated rings. The van der Waals surface area contributed by atoms with Gasteiger partial charge in [0.2, 0.25) is 15.9 Å². The highest BCUT2D eigenvalue weighted by atomic mass is 32.2. The van der Waals surface area contributed by atoms with E-state index in [2.05, 4.69) is 0 Å². The predicted octanol–water partition coefficient (Wildman–Crippen LogP) is -0.972. The lowest BCUT2D eigenvalue weighted by atomic mass is 10.3. The van der Waals surface area contributed by atoms with Crippen LogP contribution in [0.4, 0.5) is 0 Å². The first-order valence-corrected chi connectivity index (χ1v) is 12.2. The first-order chi connectivity index (χ1) is 13.7. The van der Waals surface area contributed by atoms with Gasteiger partial charge in [0.15, 0.2) is 0 Å². The lowest BCUT2D eigenvalue weighted by Gasteiger charge is -2.38. The van der Waals surface area contributed by atoms with E-state index in [9.17, 15) is 21.6 Å². The highest BCUT2D eigenvalue weighted by molar-refractivity contribution is 7.89. The molecule has 12 heteroatoms. The van der Waals surface area contributed by atoms with Crippen LogP contribution in [0.1, 0.15) is 0 Å². The minimum Gasteiger partial charge on any atom is -0.379 e. The Labute approximate surface area is 171 Å². The van der Waals surface area contributed by atoms with Gasteiger partial charge in [-0.25, -0.2) is 8.42 Å². The number of hydrogen-bond acceptors (Lipinski definition) is 6. The second-order valence-corrected chi connectivity index (χ2v) is 10.8. The Bertz CT molecular complexity index is 909. The van der Waals surface area contributed by atoms with E-state index in [0.717, 1.165) is 4.31 Å². The number of carbonyl (C=O) groups excluding carboxylic acids is 1. The number of piperazine rings is 1. The molecule has 0 aliphatic carbocycles. The van der Waals surface area contributed by atoms with E-state index in [1.807, 2.05) is 0 Å². The zero-order valence-corrected chi connectivity index (χ0v) is 17.9. The molecule has 0 bridgehead atoms. The summed E-state index contributed by atoms with van der Waals surface area (Å²) in [6.07, 6.45) is 0. The molecule has 0 saturated carbocycles. The van der Waals surface area contributed by atoms with Crippen molar-refractivity contribution >= 4 is 26.1 Å². The van der Waals surface area contributed by atoms with Gasteiger partial charge in [0.1, 0.15) is 0 Å². The van der Waals surface area contributed by atoms with Crippen LogP contribution in [-0.2, 0) is 29.8 Å². The molecular formula is C17H26N4O6S2. The average molecular weight is 447 g/mol. The van der Waals surface area contributed by atoms with Crippen LogP contribution in [0.15, 0.2) is 35.2 Å². The Morgan fingerprint density at radius 2 is 1.48 bits per heavy atom. The fourth-order valence-corrected chi connectivity index (χ4v) is 5.96. The molecule has 0 unspecified atom stereocenters. The molecule has 0 aromatic heterocycles. The topological polar surface area (TPSA) is 108 Å². The summed E-state index contributed by atoms with van der Waals surface area (Å²) in [5.74, 6) is -0.351. The van der Waals surface area contributed by atoms with Gasteiger partial charge in [-0.3, -0.25) is 4.79 Å². The van der Waals surface area contributed by atoms with E-state index in [-0.39, 0.29) is 43.5 Å². The van der Waals surface area contributed by atoms with Crippen LogP contribution in [-0.4, -0.2) is 107 Å². The molecule has 0 spiro atoms. The second kappa shape index (κ2) is 9.06. The minimum atomic E-state index is -3.76. The Kier molecular flexibility index (Phi) is 6.91. The van der Waals surface area contributed by atoms with Crippen LogP contribution in [0.25, 0.3) is 0 Å². The summed E-state index contributed by atoms with van der Waals surface area (Å²) in [7, 11) is -5.97. The van der Waals surface area contributed by atoms with Gasteiger partial charge in [-0.15, -0.1) is 0 Å². The highest BCUT2D eigenvalue weighted by Gasteiger charge is 2.34. The van der Waals surface area contributed by atoms with Gasteiger partial charge < -0.3 is 9.64 Å². The molecule has 1 aromatic carbocycles. The third-order valence-corrected chi connectivity index (χ3v) is 8.88. The molecule has 2 aliphatic rings. The smallest absolute Gasteiger partial charge is 0.282 e. The minimum absolute atomic E-state index is 0.122. The number of hydrogen-bond donors (Lipinski definition) is 0. The molecule has 2 aliphatic heterocycles. The zero-order chi connectivity index (χ0) is 21.1. The number of carbonyl (C=O) groups is 1. The summed E-state index contributed by atoms with van der Waals surface area (Å²) in [6.45, 7) is 1.91. The summed E-state index contributed by atoms with van der Waals surface area (Å²) in [5.41, 5.74) is 0. The number of amides is 1. The molecule has 0 N–H and O–H groups in total. The first-order valence-electron chi connectivity index (χ1n) is 9.35. The maximum atomic E-state index is 12.7. The molecular weight excluding hydrogens is 420 g/mol. The Balaban J connectivity index is 1.56. The van der Waals surface area contributed by atoms with Gasteiger partial charge >= 0.3 is 0 Å². The summed E-state index contributed by atoms with van der Waals surface area (Å²) < 4.78 is 59.5. The van der Waals surface area contributed by atoms with Gasteiger partial charge in [0, 0.05) is 46.3 Å². The molecule has 0 radical (unpaired) electrons. The standard InChI is InChI=1S/C17H26N4O6S2/c1-18(28(23,24)16-5-3-2-4-6-16)15-17(22)19-7-9-20(10-8-19)29(25,26)21-11-13-27-14-12-21/h2-6H,7-15H2,1H3. The van der Waals surface area contributed by atoms with Crippen molar-refractivity contribution in [3.63, 3.8) is 0 Å². The van der Waals surface area contributed by atoms with Crippen molar-refractivity contribution in [2.45, 2.75) is 4.90 Å². The van der Waals surface area contributed by atoms with Crippen molar-refractivity contribution in [2.24, 2.45) is 0 Å². The Morgan fingerprint density at radius 1 is 0.931 bits per heavy atom. The first kappa shape index (κ1) is 22.1. The molecule has 2 heterocycles. The lowest BCUT2D eigenvalue weighted by Crippen LogP contribution is -2.56. The van der Waals surface area contributed by atoms with Gasteiger partial charge in [0.05, 0.1) is 24.7 Å². The van der Waals surface area contributed by atoms with E-state index in [1.54, 1.807) is 18.2 Å². The van der Waals surface area contributed by atoms with Crippen LogP contribution in [0, 0.1) is 0 Å². The predicted molar refractivity (Wildman–Crippen MR) is 106 cm³/mol. The van der Waals surface area contributed by atoms with Gasteiger partial charge in [0.25, 0.3) is 10.2 Å². The van der Waals surface area contributed by atoms with Crippen molar-refractivity contribution in [3.8, 4) is 0 Å². The van der Waals surface area contributed by atoms with Crippen LogP contribution in [0.3, 0.4) is 0 Å². The summed E-state index contributed by atoms with van der Waals surface area (Å²) in [6, 6.07) is 7.92. The molecule has 1 amide bonds. The Hall–Kier alpha value is -1.57. The molecule has 1 aromatic rings. The number of morpholine rings is 1. The molecule has 0 atom stereocenters. The lowest BCUT2D eigenvalue weighted by molar-refractivity contribution is -0.132. The van der Waals surface area contributed by atoms with E-state index in [4.69, 9.17) is 4.74 Å². The van der Waals surface area contributed by atoms with Gasteiger partial charge in [-0.05, 0) is 12.1 Å². The SMILES string of the molecule is CN(CC(=O)N1CCN(S(=O)(=O)N2CCOCC2)CC1)S(=O)(=O)c1ccccc1. The van der Waals surface area contributed by atoms with Gasteiger partial charge in [-0.1, -0.05) is 18.2 Å².